The third-order valence-electron chi connectivity index (χ3n) is 4.84. The van der Waals surface area contributed by atoms with Crippen molar-refractivity contribution in [2.24, 2.45) is 0 Å². The van der Waals surface area contributed by atoms with Crippen molar-refractivity contribution in [3.8, 4) is 0 Å². The lowest BCUT2D eigenvalue weighted by Crippen LogP contribution is -2.41. The molecule has 3 heterocycles. The highest BCUT2D eigenvalue weighted by Crippen LogP contribution is 2.56. The van der Waals surface area contributed by atoms with E-state index >= 15 is 0 Å². The molecule has 0 saturated carbocycles. The Labute approximate surface area is 224 Å². The van der Waals surface area contributed by atoms with Gasteiger partial charge in [0.25, 0.3) is 11.8 Å². The Balaban J connectivity index is 1.42. The number of ketones is 1. The zero-order valence-corrected chi connectivity index (χ0v) is 23.6. The predicted molar refractivity (Wildman–Crippen MR) is 143 cm³/mol. The summed E-state index contributed by atoms with van der Waals surface area (Å²) in [5.41, 5.74) is -0.587. The number of unbranched alkanes of at least 4 members (excludes halogenated alkanes) is 1. The quantitative estimate of drug-likeness (QED) is 0.181. The Morgan fingerprint density at radius 2 is 1.86 bits per heavy atom. The number of rotatable bonds is 9. The van der Waals surface area contributed by atoms with Gasteiger partial charge in [-0.3, -0.25) is 29.4 Å². The molecule has 0 aromatic heterocycles. The minimum atomic E-state index is -0.587. The number of imide groups is 1. The molecule has 3 amide bonds. The fraction of sp³-hybridized carbons (Fsp3) is 0.619. The lowest BCUT2D eigenvalue weighted by Gasteiger charge is -2.33. The second-order valence-corrected chi connectivity index (χ2v) is 15.6. The van der Waals surface area contributed by atoms with Crippen molar-refractivity contribution in [3.05, 3.63) is 22.3 Å². The molecule has 14 heteroatoms. The van der Waals surface area contributed by atoms with Crippen molar-refractivity contribution in [1.29, 1.82) is 0 Å². The number of ether oxygens (including phenoxy) is 1. The smallest absolute Gasteiger partial charge is 0.253 e. The fourth-order valence-electron chi connectivity index (χ4n) is 3.19. The molecule has 2 fully saturated rings. The van der Waals surface area contributed by atoms with Gasteiger partial charge in [-0.15, -0.1) is 0 Å². The monoisotopic (exact) mass is 578 g/mol. The number of thioether (sulfide) groups is 1. The summed E-state index contributed by atoms with van der Waals surface area (Å²) in [6.07, 6.45) is 4.50. The maximum atomic E-state index is 13.1. The number of hydrogen-bond donors (Lipinski definition) is 2. The molecule has 9 nitrogen and oxygen atoms in total. The van der Waals surface area contributed by atoms with Crippen LogP contribution in [0.15, 0.2) is 22.3 Å². The van der Waals surface area contributed by atoms with Crippen molar-refractivity contribution in [3.63, 3.8) is 0 Å². The Hall–Kier alpha value is -0.930. The average molecular weight is 579 g/mol. The third kappa shape index (κ3) is 8.85. The van der Waals surface area contributed by atoms with E-state index in [4.69, 9.17) is 4.74 Å². The van der Waals surface area contributed by atoms with Gasteiger partial charge >= 0.3 is 0 Å². The van der Waals surface area contributed by atoms with E-state index in [1.54, 1.807) is 10.8 Å². The van der Waals surface area contributed by atoms with E-state index in [0.29, 0.717) is 23.6 Å². The van der Waals surface area contributed by atoms with Gasteiger partial charge in [0.1, 0.15) is 9.29 Å². The molecule has 2 N–H and O–H groups in total. The average Bonchev–Trinajstić information content (AvgIpc) is 3.02. The second kappa shape index (κ2) is 13.0. The van der Waals surface area contributed by atoms with Crippen LogP contribution in [0.1, 0.15) is 46.5 Å². The van der Waals surface area contributed by atoms with Crippen LogP contribution in [0.25, 0.3) is 0 Å². The standard InChI is InChI=1S/C21H29N3O6S5/c1-21(2,3)30-17(29)19-31-20-23-12(16(28)18(32-34-19)33-35-20)6-4-5-10-22-13(25)9-11-24-14(26)7-8-15(24)27/h7-8,12,18,20,23,29H,4-6,9-11H2,1-3H3,(H,22,25)/p-1/b19-17-. The van der Waals surface area contributed by atoms with E-state index in [0.717, 1.165) is 11.3 Å². The van der Waals surface area contributed by atoms with Crippen LogP contribution in [-0.4, -0.2) is 62.4 Å². The molecule has 2 bridgehead atoms. The van der Waals surface area contributed by atoms with Crippen LogP contribution in [0.4, 0.5) is 0 Å². The molecule has 0 aliphatic carbocycles. The summed E-state index contributed by atoms with van der Waals surface area (Å²) in [5.74, 6) is -1.29. The summed E-state index contributed by atoms with van der Waals surface area (Å²) in [5, 5.41) is 18.7. The largest absolute Gasteiger partial charge is 0.606 e. The Morgan fingerprint density at radius 1 is 1.14 bits per heavy atom. The van der Waals surface area contributed by atoms with E-state index in [1.165, 1.54) is 56.3 Å². The zero-order chi connectivity index (χ0) is 25.6. The summed E-state index contributed by atoms with van der Waals surface area (Å²) in [7, 11) is 5.76. The molecular formula is C21H28N3O6S5-. The molecule has 0 spiro atoms. The van der Waals surface area contributed by atoms with Crippen LogP contribution in [-0.2, 0) is 23.9 Å². The molecule has 3 atom stereocenters. The van der Waals surface area contributed by atoms with E-state index in [2.05, 4.69) is 10.6 Å². The van der Waals surface area contributed by atoms with Gasteiger partial charge in [-0.05, 0) is 30.1 Å². The summed E-state index contributed by atoms with van der Waals surface area (Å²) in [4.78, 5) is 49.1. The number of amides is 3. The van der Waals surface area contributed by atoms with E-state index < -0.39 is 17.4 Å². The summed E-state index contributed by atoms with van der Waals surface area (Å²) in [6.45, 7) is 5.99. The first-order valence-electron chi connectivity index (χ1n) is 11.1. The van der Waals surface area contributed by atoms with Gasteiger partial charge in [-0.1, -0.05) is 64.9 Å². The third-order valence-corrected chi connectivity index (χ3v) is 13.2. The first-order valence-corrected chi connectivity index (χ1v) is 16.4. The fourth-order valence-corrected chi connectivity index (χ4v) is 11.6. The normalized spacial score (nSPS) is 26.4. The number of carbonyl (C=O) groups is 4. The number of hydrogen-bond acceptors (Lipinski definition) is 12. The summed E-state index contributed by atoms with van der Waals surface area (Å²) in [6, 6.07) is -0.332. The van der Waals surface area contributed by atoms with Crippen molar-refractivity contribution < 1.29 is 29.0 Å². The highest BCUT2D eigenvalue weighted by atomic mass is 33.1. The molecule has 3 rings (SSSR count). The van der Waals surface area contributed by atoms with Crippen LogP contribution < -0.4 is 15.7 Å². The number of Topliss-reactive ketones (excluding diaryl/α,β-unsaturated/α-hetero) is 1. The van der Waals surface area contributed by atoms with Crippen molar-refractivity contribution in [1.82, 2.24) is 15.5 Å². The molecule has 2 saturated heterocycles. The number of nitrogens with zero attached hydrogens (tertiary/aromatic N) is 1. The van der Waals surface area contributed by atoms with Crippen molar-refractivity contribution in [2.45, 2.75) is 67.4 Å². The van der Waals surface area contributed by atoms with E-state index in [1.807, 2.05) is 20.8 Å². The highest BCUT2D eigenvalue weighted by Gasteiger charge is 2.37. The number of carbonyl (C=O) groups excluding carboxylic acids is 4. The van der Waals surface area contributed by atoms with Crippen LogP contribution in [0.3, 0.4) is 0 Å². The summed E-state index contributed by atoms with van der Waals surface area (Å²) < 4.78 is 5.59. The van der Waals surface area contributed by atoms with Gasteiger partial charge in [-0.2, -0.15) is 0 Å². The maximum Gasteiger partial charge on any atom is 0.253 e. The van der Waals surface area contributed by atoms with Crippen LogP contribution in [0.2, 0.25) is 0 Å². The topological polar surface area (TPSA) is 128 Å². The Morgan fingerprint density at radius 3 is 2.54 bits per heavy atom. The summed E-state index contributed by atoms with van der Waals surface area (Å²) >= 11 is 1.38. The van der Waals surface area contributed by atoms with Gasteiger partial charge in [-0.25, -0.2) is 0 Å². The molecule has 0 aromatic carbocycles. The van der Waals surface area contributed by atoms with E-state index in [9.17, 15) is 24.3 Å². The molecule has 35 heavy (non-hydrogen) atoms. The lowest BCUT2D eigenvalue weighted by molar-refractivity contribution is -0.368. The van der Waals surface area contributed by atoms with Gasteiger partial charge in [0.2, 0.25) is 5.91 Å². The lowest BCUT2D eigenvalue weighted by atomic mass is 10.1. The Kier molecular flexibility index (Phi) is 10.7. The second-order valence-electron chi connectivity index (χ2n) is 8.82. The molecule has 194 valence electrons. The van der Waals surface area contributed by atoms with Crippen molar-refractivity contribution >= 4 is 78.4 Å². The minimum absolute atomic E-state index is 0.0578. The van der Waals surface area contributed by atoms with Crippen LogP contribution >= 0.6 is 54.9 Å². The molecule has 0 aromatic rings. The molecule has 3 aliphatic heterocycles. The van der Waals surface area contributed by atoms with Gasteiger partial charge in [0, 0.05) is 37.3 Å². The molecular weight excluding hydrogens is 551 g/mol. The van der Waals surface area contributed by atoms with Crippen LogP contribution in [0.5, 0.6) is 0 Å². The van der Waals surface area contributed by atoms with Gasteiger partial charge in [0.15, 0.2) is 5.78 Å². The Bertz CT molecular complexity index is 888. The van der Waals surface area contributed by atoms with Gasteiger partial charge in [0.05, 0.1) is 16.2 Å². The molecule has 3 aliphatic rings. The van der Waals surface area contributed by atoms with Gasteiger partial charge < -0.3 is 15.2 Å². The highest BCUT2D eigenvalue weighted by molar-refractivity contribution is 8.89. The minimum Gasteiger partial charge on any atom is -0.606 e. The zero-order valence-electron chi connectivity index (χ0n) is 19.6. The first-order chi connectivity index (χ1) is 16.5. The SMILES string of the molecule is CC(C)(C)O/C([O-])=C1\SSC2SSC(NC(CCCCNC(=O)CCN3C(=O)C=CC3=O)C2=O)S1. The van der Waals surface area contributed by atoms with Crippen LogP contribution in [0, 0.1) is 0 Å². The maximum absolute atomic E-state index is 13.1. The molecule has 3 unspecified atom stereocenters. The molecule has 0 radical (unpaired) electrons. The van der Waals surface area contributed by atoms with E-state index in [-0.39, 0.29) is 45.9 Å². The number of fused-ring (bicyclic) bond motifs is 3. The predicted octanol–water partition coefficient (Wildman–Crippen LogP) is 2.55. The number of nitrogens with one attached hydrogen (secondary N) is 2. The van der Waals surface area contributed by atoms with Crippen molar-refractivity contribution in [2.75, 3.05) is 13.1 Å². The first kappa shape index (κ1) is 28.6.